The molecule has 20 heavy (non-hydrogen) atoms. The second-order valence-electron chi connectivity index (χ2n) is 5.01. The summed E-state index contributed by atoms with van der Waals surface area (Å²) >= 11 is 0. The Morgan fingerprint density at radius 3 is 2.80 bits per heavy atom. The predicted octanol–water partition coefficient (Wildman–Crippen LogP) is 2.81. The standard InChI is InChI=1S/C15H14N3O2/c1-9-7-11-13(20-15-14(11)16-10(2)19-15)8-12(9)18-6-4-5-17(18)3/h4-8H,1-3H3/q+1. The molecule has 4 rings (SSSR count). The van der Waals surface area contributed by atoms with E-state index in [0.717, 1.165) is 27.7 Å². The van der Waals surface area contributed by atoms with Gasteiger partial charge in [-0.15, -0.1) is 9.36 Å². The van der Waals surface area contributed by atoms with Crippen molar-refractivity contribution in [3.05, 3.63) is 42.0 Å². The fourth-order valence-corrected chi connectivity index (χ4v) is 2.61. The minimum absolute atomic E-state index is 0.492. The number of aryl methyl sites for hydroxylation is 3. The summed E-state index contributed by atoms with van der Waals surface area (Å²) in [6, 6.07) is 6.12. The first-order chi connectivity index (χ1) is 9.63. The van der Waals surface area contributed by atoms with Crippen LogP contribution in [0.5, 0.6) is 0 Å². The fraction of sp³-hybridized carbons (Fsp3) is 0.200. The van der Waals surface area contributed by atoms with Crippen LogP contribution in [-0.4, -0.2) is 9.67 Å². The van der Waals surface area contributed by atoms with E-state index in [9.17, 15) is 0 Å². The molecule has 0 unspecified atom stereocenters. The Balaban J connectivity index is 2.05. The highest BCUT2D eigenvalue weighted by Gasteiger charge is 2.17. The van der Waals surface area contributed by atoms with Gasteiger partial charge in [-0.05, 0) is 18.6 Å². The molecule has 0 aliphatic carbocycles. The number of oxazole rings is 1. The molecular formula is C15H14N3O2+. The monoisotopic (exact) mass is 268 g/mol. The number of furan rings is 1. The molecule has 0 spiro atoms. The van der Waals surface area contributed by atoms with Crippen molar-refractivity contribution in [3.63, 3.8) is 0 Å². The third-order valence-electron chi connectivity index (χ3n) is 3.57. The van der Waals surface area contributed by atoms with Crippen molar-refractivity contribution in [2.75, 3.05) is 0 Å². The maximum absolute atomic E-state index is 5.76. The van der Waals surface area contributed by atoms with Crippen molar-refractivity contribution in [1.29, 1.82) is 0 Å². The molecule has 100 valence electrons. The Kier molecular flexibility index (Phi) is 2.10. The zero-order valence-electron chi connectivity index (χ0n) is 11.5. The van der Waals surface area contributed by atoms with Crippen LogP contribution in [0.2, 0.25) is 0 Å². The van der Waals surface area contributed by atoms with Gasteiger partial charge in [-0.2, -0.15) is 0 Å². The zero-order chi connectivity index (χ0) is 13.9. The fourth-order valence-electron chi connectivity index (χ4n) is 2.61. The van der Waals surface area contributed by atoms with Gasteiger partial charge in [0.1, 0.15) is 11.3 Å². The summed E-state index contributed by atoms with van der Waals surface area (Å²) in [5, 5.41) is 0.993. The van der Waals surface area contributed by atoms with Crippen molar-refractivity contribution in [2.24, 2.45) is 7.05 Å². The summed E-state index contributed by atoms with van der Waals surface area (Å²) in [5.41, 5.74) is 3.83. The minimum Gasteiger partial charge on any atom is -0.424 e. The quantitative estimate of drug-likeness (QED) is 0.499. The van der Waals surface area contributed by atoms with Crippen LogP contribution in [0.1, 0.15) is 11.5 Å². The van der Waals surface area contributed by atoms with E-state index in [4.69, 9.17) is 8.83 Å². The molecule has 0 amide bonds. The molecule has 0 fully saturated rings. The van der Waals surface area contributed by atoms with Crippen LogP contribution in [0.15, 0.2) is 39.4 Å². The number of hydrogen-bond acceptors (Lipinski definition) is 3. The Labute approximate surface area is 115 Å². The Morgan fingerprint density at radius 1 is 1.20 bits per heavy atom. The number of benzene rings is 1. The van der Waals surface area contributed by atoms with E-state index < -0.39 is 0 Å². The molecule has 4 aromatic rings. The Morgan fingerprint density at radius 2 is 2.05 bits per heavy atom. The van der Waals surface area contributed by atoms with Crippen molar-refractivity contribution >= 4 is 22.3 Å². The topological polar surface area (TPSA) is 48.0 Å². The lowest BCUT2D eigenvalue weighted by atomic mass is 10.1. The highest BCUT2D eigenvalue weighted by molar-refractivity contribution is 6.01. The molecule has 0 radical (unpaired) electrons. The van der Waals surface area contributed by atoms with Crippen LogP contribution in [0, 0.1) is 13.8 Å². The first-order valence-corrected chi connectivity index (χ1v) is 6.47. The van der Waals surface area contributed by atoms with Gasteiger partial charge in [-0.3, -0.25) is 0 Å². The lowest BCUT2D eigenvalue weighted by Crippen LogP contribution is -2.36. The lowest BCUT2D eigenvalue weighted by molar-refractivity contribution is -0.744. The number of hydrogen-bond donors (Lipinski definition) is 0. The maximum atomic E-state index is 5.76. The highest BCUT2D eigenvalue weighted by atomic mass is 16.5. The third-order valence-corrected chi connectivity index (χ3v) is 3.57. The van der Waals surface area contributed by atoms with Gasteiger partial charge < -0.3 is 8.83 Å². The molecule has 0 atom stereocenters. The molecule has 3 aromatic heterocycles. The van der Waals surface area contributed by atoms with Crippen molar-refractivity contribution in [1.82, 2.24) is 9.67 Å². The average Bonchev–Trinajstić information content (AvgIpc) is 3.04. The Hall–Kier alpha value is -2.56. The van der Waals surface area contributed by atoms with Gasteiger partial charge in [-0.1, -0.05) is 0 Å². The average molecular weight is 268 g/mol. The second kappa shape index (κ2) is 3.72. The normalized spacial score (nSPS) is 11.8. The van der Waals surface area contributed by atoms with Gasteiger partial charge in [0.15, 0.2) is 24.7 Å². The molecule has 1 aromatic carbocycles. The number of nitrogens with zero attached hydrogens (tertiary/aromatic N) is 3. The summed E-state index contributed by atoms with van der Waals surface area (Å²) in [4.78, 5) is 4.38. The van der Waals surface area contributed by atoms with Crippen LogP contribution < -0.4 is 4.68 Å². The van der Waals surface area contributed by atoms with Crippen LogP contribution in [0.25, 0.3) is 28.0 Å². The zero-order valence-corrected chi connectivity index (χ0v) is 11.5. The van der Waals surface area contributed by atoms with Gasteiger partial charge >= 0.3 is 5.78 Å². The second-order valence-corrected chi connectivity index (χ2v) is 5.01. The molecule has 5 nitrogen and oxygen atoms in total. The van der Waals surface area contributed by atoms with E-state index in [1.165, 1.54) is 0 Å². The van der Waals surface area contributed by atoms with Crippen LogP contribution >= 0.6 is 0 Å². The molecule has 3 heterocycles. The third kappa shape index (κ3) is 1.43. The molecule has 5 heteroatoms. The first-order valence-electron chi connectivity index (χ1n) is 6.47. The molecule has 0 aliphatic heterocycles. The minimum atomic E-state index is 0.492. The van der Waals surface area contributed by atoms with Crippen LogP contribution in [-0.2, 0) is 7.05 Å². The predicted molar refractivity (Wildman–Crippen MR) is 73.8 cm³/mol. The van der Waals surface area contributed by atoms with Crippen molar-refractivity contribution in [3.8, 4) is 5.69 Å². The van der Waals surface area contributed by atoms with Crippen LogP contribution in [0.3, 0.4) is 0 Å². The van der Waals surface area contributed by atoms with Gasteiger partial charge in [0, 0.05) is 19.1 Å². The van der Waals surface area contributed by atoms with E-state index in [1.54, 1.807) is 0 Å². The molecule has 0 saturated carbocycles. The van der Waals surface area contributed by atoms with E-state index in [1.807, 2.05) is 43.2 Å². The molecule has 0 bridgehead atoms. The van der Waals surface area contributed by atoms with Gasteiger partial charge in [0.25, 0.3) is 0 Å². The van der Waals surface area contributed by atoms with E-state index in [-0.39, 0.29) is 0 Å². The maximum Gasteiger partial charge on any atom is 0.319 e. The smallest absolute Gasteiger partial charge is 0.319 e. The van der Waals surface area contributed by atoms with E-state index in [0.29, 0.717) is 11.7 Å². The Bertz CT molecular complexity index is 943. The summed E-state index contributed by atoms with van der Waals surface area (Å²) < 4.78 is 15.3. The number of aromatic nitrogens is 3. The van der Waals surface area contributed by atoms with E-state index in [2.05, 4.69) is 22.7 Å². The highest BCUT2D eigenvalue weighted by Crippen LogP contribution is 2.31. The number of fused-ring (bicyclic) bond motifs is 3. The lowest BCUT2D eigenvalue weighted by Gasteiger charge is -2.04. The van der Waals surface area contributed by atoms with Gasteiger partial charge in [0.05, 0.1) is 11.6 Å². The largest absolute Gasteiger partial charge is 0.424 e. The molecular weight excluding hydrogens is 254 g/mol. The molecule has 0 saturated heterocycles. The van der Waals surface area contributed by atoms with E-state index >= 15 is 0 Å². The SMILES string of the molecule is Cc1nc2c(o1)oc1cc(-n3ccc[n+]3C)c(C)cc12. The van der Waals surface area contributed by atoms with Gasteiger partial charge in [-0.25, -0.2) is 4.98 Å². The summed E-state index contributed by atoms with van der Waals surface area (Å²) in [7, 11) is 2.00. The van der Waals surface area contributed by atoms with Gasteiger partial charge in [0.2, 0.25) is 0 Å². The van der Waals surface area contributed by atoms with Crippen LogP contribution in [0.4, 0.5) is 0 Å². The summed E-state index contributed by atoms with van der Waals surface area (Å²) in [6.07, 6.45) is 4.02. The van der Waals surface area contributed by atoms with Crippen molar-refractivity contribution < 1.29 is 13.5 Å². The summed E-state index contributed by atoms with van der Waals surface area (Å²) in [5.74, 6) is 1.12. The van der Waals surface area contributed by atoms with Crippen molar-refractivity contribution in [2.45, 2.75) is 13.8 Å². The molecule has 0 aliphatic rings. The first kappa shape index (κ1) is 11.3. The number of rotatable bonds is 1. The summed E-state index contributed by atoms with van der Waals surface area (Å²) in [6.45, 7) is 3.91. The molecule has 0 N–H and O–H groups in total.